The molecule has 0 aliphatic rings. The second-order valence-electron chi connectivity index (χ2n) is 4.53. The molecule has 0 atom stereocenters. The van der Waals surface area contributed by atoms with E-state index in [4.69, 9.17) is 28.9 Å². The molecule has 0 fully saturated rings. The van der Waals surface area contributed by atoms with Gasteiger partial charge in [-0.25, -0.2) is 4.98 Å². The Morgan fingerprint density at radius 1 is 1.10 bits per heavy atom. The number of benzene rings is 1. The van der Waals surface area contributed by atoms with Gasteiger partial charge >= 0.3 is 0 Å². The fourth-order valence-corrected chi connectivity index (χ4v) is 2.52. The minimum absolute atomic E-state index is 0.250. The Labute approximate surface area is 131 Å². The quantitative estimate of drug-likeness (QED) is 0.762. The minimum Gasteiger partial charge on any atom is -0.382 e. The number of halogens is 2. The number of para-hydroxylation sites is 1. The smallest absolute Gasteiger partial charge is 0.147 e. The lowest BCUT2D eigenvalue weighted by molar-refractivity contribution is 1.12. The molecule has 3 N–H and O–H groups in total. The maximum Gasteiger partial charge on any atom is 0.147 e. The van der Waals surface area contributed by atoms with Crippen LogP contribution >= 0.6 is 23.2 Å². The van der Waals surface area contributed by atoms with Crippen molar-refractivity contribution in [3.8, 4) is 0 Å². The molecule has 3 aromatic rings. The summed E-state index contributed by atoms with van der Waals surface area (Å²) in [6.07, 6.45) is 1.78. The number of nitrogen functional groups attached to an aromatic ring is 1. The van der Waals surface area contributed by atoms with E-state index >= 15 is 0 Å². The van der Waals surface area contributed by atoms with E-state index < -0.39 is 0 Å². The van der Waals surface area contributed by atoms with Crippen LogP contribution in [0, 0.1) is 0 Å². The Balaban J connectivity index is 1.89. The highest BCUT2D eigenvalue weighted by atomic mass is 35.5. The zero-order valence-electron chi connectivity index (χ0n) is 11.0. The Hall–Kier alpha value is -2.04. The van der Waals surface area contributed by atoms with Crippen molar-refractivity contribution >= 4 is 45.7 Å². The van der Waals surface area contributed by atoms with E-state index in [2.05, 4.69) is 15.3 Å². The van der Waals surface area contributed by atoms with Gasteiger partial charge < -0.3 is 11.1 Å². The van der Waals surface area contributed by atoms with Crippen molar-refractivity contribution in [2.75, 3.05) is 11.1 Å². The molecule has 0 saturated carbocycles. The topological polar surface area (TPSA) is 63.8 Å². The number of hydrogen-bond donors (Lipinski definition) is 2. The van der Waals surface area contributed by atoms with Gasteiger partial charge in [0.15, 0.2) is 0 Å². The molecule has 0 amide bonds. The first-order valence-corrected chi connectivity index (χ1v) is 7.09. The predicted molar refractivity (Wildman–Crippen MR) is 87.7 cm³/mol. The van der Waals surface area contributed by atoms with Gasteiger partial charge in [0, 0.05) is 18.1 Å². The maximum absolute atomic E-state index is 6.11. The van der Waals surface area contributed by atoms with Gasteiger partial charge in [0.2, 0.25) is 0 Å². The van der Waals surface area contributed by atoms with Gasteiger partial charge in [-0.15, -0.1) is 0 Å². The minimum atomic E-state index is 0.250. The number of nitrogens with two attached hydrogens (primary N) is 1. The SMILES string of the molecule is Nc1nc(NCc2cccc3cccnc23)c(Cl)cc1Cl. The summed E-state index contributed by atoms with van der Waals surface area (Å²) >= 11 is 12.0. The molecule has 1 aromatic carbocycles. The molecule has 0 aliphatic heterocycles. The molecule has 4 nitrogen and oxygen atoms in total. The molecule has 3 rings (SSSR count). The average molecular weight is 319 g/mol. The predicted octanol–water partition coefficient (Wildman–Crippen LogP) is 4.13. The zero-order chi connectivity index (χ0) is 14.8. The number of hydrogen-bond acceptors (Lipinski definition) is 4. The number of pyridine rings is 2. The number of rotatable bonds is 3. The average Bonchev–Trinajstić information content (AvgIpc) is 2.49. The first kappa shape index (κ1) is 13.9. The number of fused-ring (bicyclic) bond motifs is 1. The van der Waals surface area contributed by atoms with Crippen molar-refractivity contribution < 1.29 is 0 Å². The van der Waals surface area contributed by atoms with Gasteiger partial charge in [0.1, 0.15) is 11.6 Å². The molecule has 106 valence electrons. The molecule has 0 saturated heterocycles. The van der Waals surface area contributed by atoms with Crippen molar-refractivity contribution in [1.29, 1.82) is 0 Å². The third-order valence-electron chi connectivity index (χ3n) is 3.12. The highest BCUT2D eigenvalue weighted by Crippen LogP contribution is 2.28. The number of nitrogens with zero attached hydrogens (tertiary/aromatic N) is 2. The second kappa shape index (κ2) is 5.76. The third-order valence-corrected chi connectivity index (χ3v) is 3.71. The van der Waals surface area contributed by atoms with Crippen molar-refractivity contribution in [3.63, 3.8) is 0 Å². The molecule has 6 heteroatoms. The summed E-state index contributed by atoms with van der Waals surface area (Å²) in [6, 6.07) is 11.5. The zero-order valence-corrected chi connectivity index (χ0v) is 12.5. The Bertz CT molecular complexity index is 800. The largest absolute Gasteiger partial charge is 0.382 e. The van der Waals surface area contributed by atoms with Crippen molar-refractivity contribution in [3.05, 3.63) is 58.2 Å². The van der Waals surface area contributed by atoms with E-state index in [1.807, 2.05) is 30.3 Å². The van der Waals surface area contributed by atoms with Crippen LogP contribution in [0.3, 0.4) is 0 Å². The summed E-state index contributed by atoms with van der Waals surface area (Å²) in [5.41, 5.74) is 7.70. The normalized spacial score (nSPS) is 10.8. The second-order valence-corrected chi connectivity index (χ2v) is 5.35. The van der Waals surface area contributed by atoms with E-state index in [1.165, 1.54) is 0 Å². The summed E-state index contributed by atoms with van der Waals surface area (Å²) < 4.78 is 0. The van der Waals surface area contributed by atoms with Crippen LogP contribution < -0.4 is 11.1 Å². The van der Waals surface area contributed by atoms with E-state index in [9.17, 15) is 0 Å². The maximum atomic E-state index is 6.11. The molecular formula is C15H12Cl2N4. The molecular weight excluding hydrogens is 307 g/mol. The molecule has 2 heterocycles. The van der Waals surface area contributed by atoms with Crippen LogP contribution in [0.5, 0.6) is 0 Å². The number of anilines is 2. The van der Waals surface area contributed by atoms with Gasteiger partial charge in [-0.1, -0.05) is 47.5 Å². The highest BCUT2D eigenvalue weighted by molar-refractivity contribution is 6.37. The lowest BCUT2D eigenvalue weighted by Crippen LogP contribution is -2.05. The third kappa shape index (κ3) is 2.86. The lowest BCUT2D eigenvalue weighted by Gasteiger charge is -2.10. The van der Waals surface area contributed by atoms with Crippen molar-refractivity contribution in [1.82, 2.24) is 9.97 Å². The summed E-state index contributed by atoms with van der Waals surface area (Å²) in [7, 11) is 0. The summed E-state index contributed by atoms with van der Waals surface area (Å²) in [6.45, 7) is 0.544. The Morgan fingerprint density at radius 3 is 2.76 bits per heavy atom. The number of aromatic nitrogens is 2. The summed E-state index contributed by atoms with van der Waals surface area (Å²) in [5, 5.41) is 5.03. The molecule has 21 heavy (non-hydrogen) atoms. The first-order valence-electron chi connectivity index (χ1n) is 6.33. The van der Waals surface area contributed by atoms with Gasteiger partial charge in [0.25, 0.3) is 0 Å². The fourth-order valence-electron chi connectivity index (χ4n) is 2.09. The Morgan fingerprint density at radius 2 is 1.90 bits per heavy atom. The molecule has 0 radical (unpaired) electrons. The van der Waals surface area contributed by atoms with Gasteiger partial charge in [-0.2, -0.15) is 0 Å². The van der Waals surface area contributed by atoms with E-state index in [0.717, 1.165) is 16.5 Å². The van der Waals surface area contributed by atoms with Crippen LogP contribution in [-0.4, -0.2) is 9.97 Å². The van der Waals surface area contributed by atoms with Crippen LogP contribution in [-0.2, 0) is 6.54 Å². The van der Waals surface area contributed by atoms with Crippen LogP contribution in [0.4, 0.5) is 11.6 Å². The fraction of sp³-hybridized carbons (Fsp3) is 0.0667. The van der Waals surface area contributed by atoms with Crippen LogP contribution in [0.2, 0.25) is 10.0 Å². The lowest BCUT2D eigenvalue weighted by atomic mass is 10.1. The van der Waals surface area contributed by atoms with Crippen LogP contribution in [0.25, 0.3) is 10.9 Å². The highest BCUT2D eigenvalue weighted by Gasteiger charge is 2.08. The van der Waals surface area contributed by atoms with Crippen LogP contribution in [0.15, 0.2) is 42.6 Å². The molecule has 0 unspecified atom stereocenters. The van der Waals surface area contributed by atoms with Crippen molar-refractivity contribution in [2.45, 2.75) is 6.54 Å². The number of nitrogens with one attached hydrogen (secondary N) is 1. The molecule has 2 aromatic heterocycles. The van der Waals surface area contributed by atoms with E-state index in [0.29, 0.717) is 22.4 Å². The van der Waals surface area contributed by atoms with Gasteiger partial charge in [-0.05, 0) is 17.7 Å². The van der Waals surface area contributed by atoms with Crippen molar-refractivity contribution in [2.24, 2.45) is 0 Å². The van der Waals surface area contributed by atoms with Crippen LogP contribution in [0.1, 0.15) is 5.56 Å². The van der Waals surface area contributed by atoms with E-state index in [1.54, 1.807) is 12.3 Å². The van der Waals surface area contributed by atoms with Gasteiger partial charge in [0.05, 0.1) is 15.6 Å². The standard InChI is InChI=1S/C15H12Cl2N4/c16-11-7-12(17)15(21-14(11)18)20-8-10-4-1-3-9-5-2-6-19-13(9)10/h1-7H,8H2,(H3,18,20,21). The molecule has 0 bridgehead atoms. The van der Waals surface area contributed by atoms with Gasteiger partial charge in [-0.3, -0.25) is 4.98 Å². The summed E-state index contributed by atoms with van der Waals surface area (Å²) in [5.74, 6) is 0.756. The summed E-state index contributed by atoms with van der Waals surface area (Å²) in [4.78, 5) is 8.56. The Kier molecular flexibility index (Phi) is 3.82. The first-order chi connectivity index (χ1) is 10.1. The molecule has 0 spiro atoms. The van der Waals surface area contributed by atoms with E-state index in [-0.39, 0.29) is 5.82 Å². The molecule has 0 aliphatic carbocycles. The monoisotopic (exact) mass is 318 g/mol.